The molecule has 0 unspecified atom stereocenters. The van der Waals surface area contributed by atoms with Crippen LogP contribution in [-0.4, -0.2) is 0 Å². The maximum absolute atomic E-state index is 15.0. The highest BCUT2D eigenvalue weighted by Crippen LogP contribution is 2.43. The van der Waals surface area contributed by atoms with Crippen LogP contribution in [0, 0.1) is 58.8 Å². The number of ether oxygens (including phenoxy) is 1. The number of halogens is 5. The van der Waals surface area contributed by atoms with Gasteiger partial charge in [0.25, 0.3) is 0 Å². The minimum absolute atomic E-state index is 0.111. The first-order valence-electron chi connectivity index (χ1n) is 14.1. The van der Waals surface area contributed by atoms with Crippen molar-refractivity contribution in [2.45, 2.75) is 96.8 Å². The lowest BCUT2D eigenvalue weighted by Gasteiger charge is -2.38. The average Bonchev–Trinajstić information content (AvgIpc) is 2.90. The van der Waals surface area contributed by atoms with Gasteiger partial charge in [-0.05, 0) is 68.3 Å². The highest BCUT2D eigenvalue weighted by molar-refractivity contribution is 5.36. The quantitative estimate of drug-likeness (QED) is 0.172. The third-order valence-corrected chi connectivity index (χ3v) is 8.73. The van der Waals surface area contributed by atoms with Crippen molar-refractivity contribution in [3.63, 3.8) is 0 Å². The van der Waals surface area contributed by atoms with E-state index in [0.29, 0.717) is 24.5 Å². The summed E-state index contributed by atoms with van der Waals surface area (Å²) in [5.74, 6) is -4.11. The summed E-state index contributed by atoms with van der Waals surface area (Å²) in [6.45, 7) is 2.26. The predicted octanol–water partition coefficient (Wildman–Crippen LogP) is 10.1. The zero-order chi connectivity index (χ0) is 26.4. The van der Waals surface area contributed by atoms with E-state index in [1.54, 1.807) is 0 Å². The second-order valence-corrected chi connectivity index (χ2v) is 11.2. The van der Waals surface area contributed by atoms with Crippen molar-refractivity contribution in [3.8, 4) is 11.5 Å². The molecule has 2 aromatic carbocycles. The Bertz CT molecular complexity index is 999. The van der Waals surface area contributed by atoms with Crippen LogP contribution < -0.4 is 4.74 Å². The summed E-state index contributed by atoms with van der Waals surface area (Å²) in [4.78, 5) is 0. The van der Waals surface area contributed by atoms with Crippen LogP contribution in [0.1, 0.15) is 96.0 Å². The number of hydrogen-bond donors (Lipinski definition) is 0. The van der Waals surface area contributed by atoms with E-state index < -0.39 is 40.6 Å². The Balaban J connectivity index is 1.26. The van der Waals surface area contributed by atoms with E-state index >= 15 is 4.39 Å². The van der Waals surface area contributed by atoms with Gasteiger partial charge >= 0.3 is 0 Å². The molecule has 2 aliphatic carbocycles. The summed E-state index contributed by atoms with van der Waals surface area (Å²) in [6, 6.07) is 4.54. The highest BCUT2D eigenvalue weighted by Gasteiger charge is 2.31. The summed E-state index contributed by atoms with van der Waals surface area (Å²) in [6.07, 6.45) is 16.3. The normalized spacial score (nSPS) is 24.3. The van der Waals surface area contributed by atoms with Crippen molar-refractivity contribution in [3.05, 3.63) is 58.9 Å². The predicted molar refractivity (Wildman–Crippen MR) is 135 cm³/mol. The van der Waals surface area contributed by atoms with Crippen molar-refractivity contribution >= 4 is 0 Å². The van der Waals surface area contributed by atoms with Gasteiger partial charge in [0.1, 0.15) is 11.6 Å². The van der Waals surface area contributed by atoms with Gasteiger partial charge in [-0.25, -0.2) is 22.0 Å². The summed E-state index contributed by atoms with van der Waals surface area (Å²) in [5.41, 5.74) is -0.111. The van der Waals surface area contributed by atoms with E-state index in [4.69, 9.17) is 4.74 Å². The molecule has 0 saturated heterocycles. The molecule has 6 heteroatoms. The summed E-state index contributed by atoms with van der Waals surface area (Å²) < 4.78 is 74.8. The van der Waals surface area contributed by atoms with Crippen LogP contribution in [0.4, 0.5) is 22.0 Å². The van der Waals surface area contributed by atoms with Gasteiger partial charge < -0.3 is 4.74 Å². The molecule has 2 aliphatic rings. The lowest BCUT2D eigenvalue weighted by Crippen LogP contribution is -2.26. The van der Waals surface area contributed by atoms with Gasteiger partial charge in [-0.2, -0.15) is 0 Å². The van der Waals surface area contributed by atoms with E-state index in [0.717, 1.165) is 36.7 Å². The number of rotatable bonds is 10. The van der Waals surface area contributed by atoms with E-state index in [1.807, 2.05) is 0 Å². The van der Waals surface area contributed by atoms with Crippen molar-refractivity contribution in [1.29, 1.82) is 0 Å². The number of hydrogen-bond acceptors (Lipinski definition) is 1. The molecule has 0 aliphatic heterocycles. The summed E-state index contributed by atoms with van der Waals surface area (Å²) in [5, 5.41) is 0. The monoisotopic (exact) mass is 521 g/mol. The first kappa shape index (κ1) is 27.9. The molecule has 1 radical (unpaired) electrons. The second kappa shape index (κ2) is 13.1. The molecule has 1 nitrogen and oxygen atoms in total. The maximum Gasteiger partial charge on any atom is 0.194 e. The van der Waals surface area contributed by atoms with E-state index in [1.165, 1.54) is 64.2 Å². The molecule has 2 saturated carbocycles. The van der Waals surface area contributed by atoms with Crippen LogP contribution in [0.25, 0.3) is 0 Å². The van der Waals surface area contributed by atoms with Gasteiger partial charge in [-0.3, -0.25) is 0 Å². The molecule has 0 aromatic heterocycles. The molecule has 37 heavy (non-hydrogen) atoms. The van der Waals surface area contributed by atoms with Crippen molar-refractivity contribution in [2.24, 2.45) is 23.7 Å². The Morgan fingerprint density at radius 2 is 1.30 bits per heavy atom. The van der Waals surface area contributed by atoms with E-state index in [2.05, 4.69) is 13.0 Å². The van der Waals surface area contributed by atoms with E-state index in [9.17, 15) is 17.6 Å². The van der Waals surface area contributed by atoms with Crippen LogP contribution in [0.5, 0.6) is 11.5 Å². The van der Waals surface area contributed by atoms with Gasteiger partial charge in [0.05, 0.1) is 0 Å². The zero-order valence-electron chi connectivity index (χ0n) is 21.7. The largest absolute Gasteiger partial charge is 0.453 e. The first-order valence-corrected chi connectivity index (χ1v) is 14.1. The lowest BCUT2D eigenvalue weighted by atomic mass is 9.68. The molecule has 0 heterocycles. The number of unbranched alkanes of at least 4 members (excludes halogenated alkanes) is 2. The van der Waals surface area contributed by atoms with Gasteiger partial charge in [-0.15, -0.1) is 0 Å². The fraction of sp³-hybridized carbons (Fsp3) is 0.613. The highest BCUT2D eigenvalue weighted by atomic mass is 19.2. The first-order chi connectivity index (χ1) is 17.9. The van der Waals surface area contributed by atoms with Crippen LogP contribution in [0.3, 0.4) is 0 Å². The van der Waals surface area contributed by atoms with Gasteiger partial charge in [0.2, 0.25) is 0 Å². The molecule has 203 valence electrons. The lowest BCUT2D eigenvalue weighted by molar-refractivity contribution is 0.140. The average molecular weight is 522 g/mol. The molecule has 0 amide bonds. The van der Waals surface area contributed by atoms with Gasteiger partial charge in [0.15, 0.2) is 29.0 Å². The minimum atomic E-state index is -1.64. The fourth-order valence-corrected chi connectivity index (χ4v) is 6.46. The van der Waals surface area contributed by atoms with E-state index in [-0.39, 0.29) is 12.0 Å². The van der Waals surface area contributed by atoms with Crippen LogP contribution in [0.2, 0.25) is 0 Å². The Hall–Kier alpha value is -2.11. The summed E-state index contributed by atoms with van der Waals surface area (Å²) in [7, 11) is 0. The molecule has 0 N–H and O–H groups in total. The molecule has 0 spiro atoms. The Morgan fingerprint density at radius 1 is 0.730 bits per heavy atom. The van der Waals surface area contributed by atoms with Crippen molar-refractivity contribution in [1.82, 2.24) is 0 Å². The zero-order valence-corrected chi connectivity index (χ0v) is 21.7. The third kappa shape index (κ3) is 7.26. The molecule has 0 bridgehead atoms. The Kier molecular flexibility index (Phi) is 9.89. The van der Waals surface area contributed by atoms with Crippen molar-refractivity contribution in [2.75, 3.05) is 0 Å². The van der Waals surface area contributed by atoms with Crippen molar-refractivity contribution < 1.29 is 26.7 Å². The minimum Gasteiger partial charge on any atom is -0.453 e. The molecular formula is C31H38F5O. The maximum atomic E-state index is 15.0. The Labute approximate surface area is 217 Å². The molecular weight excluding hydrogens is 483 g/mol. The van der Waals surface area contributed by atoms with Crippen LogP contribution in [0.15, 0.2) is 18.2 Å². The SMILES string of the molecule is CCCCC[C@H]1CC[C@H](C2CCC(CCc3c(F)c[c]c(Oc4cc(F)c(F)c(F)c4)c3F)CC2)CC1. The summed E-state index contributed by atoms with van der Waals surface area (Å²) >= 11 is 0. The van der Waals surface area contributed by atoms with Crippen LogP contribution in [-0.2, 0) is 6.42 Å². The molecule has 2 fully saturated rings. The molecule has 4 rings (SSSR count). The smallest absolute Gasteiger partial charge is 0.194 e. The van der Waals surface area contributed by atoms with Crippen LogP contribution >= 0.6 is 0 Å². The van der Waals surface area contributed by atoms with Gasteiger partial charge in [0, 0.05) is 23.8 Å². The standard InChI is InChI=1S/C31H38F5O/c1-2-3-4-5-20-6-11-22(12-7-20)23-13-8-21(9-14-23)10-15-25-26(32)16-17-29(30(25)35)37-24-18-27(33)31(36)28(34)19-24/h16,18-23H,2-15H2,1H3/t20-,21?,22-,23?. The van der Waals surface area contributed by atoms with Gasteiger partial charge in [-0.1, -0.05) is 58.3 Å². The number of benzene rings is 2. The second-order valence-electron chi connectivity index (χ2n) is 11.2. The fourth-order valence-electron chi connectivity index (χ4n) is 6.46. The molecule has 2 aromatic rings. The third-order valence-electron chi connectivity index (χ3n) is 8.73. The topological polar surface area (TPSA) is 9.23 Å². The molecule has 0 atom stereocenters. The Morgan fingerprint density at radius 3 is 1.86 bits per heavy atom.